The number of carbonyl (C=O) groups excluding carboxylic acids is 2. The molecule has 0 radical (unpaired) electrons. The number of aryl methyl sites for hydroxylation is 1. The van der Waals surface area contributed by atoms with Gasteiger partial charge in [0.25, 0.3) is 6.45 Å². The molecule has 0 fully saturated rings. The standard InChI is InChI=1S/C20H30O4/c1-8-9-14-12-15(17(23-13-21)19(2,3)4)10-11-16(14)24-18(22)20(5,6)7/h10-13,17H,8-9H2,1-7H3/i13T. The van der Waals surface area contributed by atoms with Crippen LogP contribution in [0.15, 0.2) is 18.2 Å². The first kappa shape index (κ1) is 18.5. The van der Waals surface area contributed by atoms with Crippen molar-refractivity contribution in [2.45, 2.75) is 67.4 Å². The molecule has 0 heterocycles. The highest BCUT2D eigenvalue weighted by Crippen LogP contribution is 2.37. The lowest BCUT2D eigenvalue weighted by Crippen LogP contribution is -2.26. The molecule has 0 saturated carbocycles. The van der Waals surface area contributed by atoms with Gasteiger partial charge in [-0.25, -0.2) is 0 Å². The van der Waals surface area contributed by atoms with Gasteiger partial charge in [0.05, 0.1) is 5.41 Å². The van der Waals surface area contributed by atoms with Gasteiger partial charge in [0.1, 0.15) is 11.9 Å². The zero-order chi connectivity index (χ0) is 19.4. The SMILES string of the molecule is [3H]C(=O)OC(c1ccc(OC(=O)C(C)(C)C)c(CCC)c1)C(C)(C)C. The second-order valence-electron chi connectivity index (χ2n) is 8.20. The summed E-state index contributed by atoms with van der Waals surface area (Å²) >= 11 is 0. The van der Waals surface area contributed by atoms with Gasteiger partial charge in [-0.3, -0.25) is 9.59 Å². The van der Waals surface area contributed by atoms with Crippen LogP contribution in [-0.2, 0) is 20.7 Å². The predicted molar refractivity (Wildman–Crippen MR) is 94.9 cm³/mol. The fraction of sp³-hybridized carbons (Fsp3) is 0.600. The molecule has 1 unspecified atom stereocenters. The molecule has 1 rings (SSSR count). The van der Waals surface area contributed by atoms with E-state index in [1.54, 1.807) is 12.1 Å². The molecule has 1 aromatic rings. The van der Waals surface area contributed by atoms with Crippen molar-refractivity contribution < 1.29 is 20.4 Å². The molecule has 0 aliphatic rings. The molecule has 4 nitrogen and oxygen atoms in total. The fourth-order valence-electron chi connectivity index (χ4n) is 2.37. The summed E-state index contributed by atoms with van der Waals surface area (Å²) in [7, 11) is 0. The van der Waals surface area contributed by atoms with E-state index < -0.39 is 18.0 Å². The number of ether oxygens (including phenoxy) is 2. The van der Waals surface area contributed by atoms with Crippen molar-refractivity contribution in [3.05, 3.63) is 29.3 Å². The maximum atomic E-state index is 12.2. The van der Waals surface area contributed by atoms with E-state index in [-0.39, 0.29) is 11.4 Å². The van der Waals surface area contributed by atoms with Crippen LogP contribution in [0.2, 0.25) is 0 Å². The Labute approximate surface area is 146 Å². The smallest absolute Gasteiger partial charge is 0.316 e. The Morgan fingerprint density at radius 1 is 1.25 bits per heavy atom. The van der Waals surface area contributed by atoms with Gasteiger partial charge in [0.2, 0.25) is 0 Å². The van der Waals surface area contributed by atoms with E-state index in [0.29, 0.717) is 5.75 Å². The van der Waals surface area contributed by atoms with E-state index in [2.05, 4.69) is 0 Å². The Bertz CT molecular complexity index is 624. The normalized spacial score (nSPS) is 13.9. The van der Waals surface area contributed by atoms with Gasteiger partial charge >= 0.3 is 5.97 Å². The summed E-state index contributed by atoms with van der Waals surface area (Å²) < 4.78 is 18.0. The minimum Gasteiger partial charge on any atom is -0.459 e. The third-order valence-corrected chi connectivity index (χ3v) is 3.67. The first-order valence-electron chi connectivity index (χ1n) is 8.88. The Hall–Kier alpha value is -1.84. The number of hydrogen-bond donors (Lipinski definition) is 0. The van der Waals surface area contributed by atoms with Crippen LogP contribution >= 0.6 is 0 Å². The molecule has 1 atom stereocenters. The summed E-state index contributed by atoms with van der Waals surface area (Å²) in [5.41, 5.74) is 0.751. The van der Waals surface area contributed by atoms with Gasteiger partial charge in [-0.2, -0.15) is 0 Å². The summed E-state index contributed by atoms with van der Waals surface area (Å²) in [5, 5.41) is 0. The molecule has 134 valence electrons. The molecule has 4 heteroatoms. The van der Waals surface area contributed by atoms with Gasteiger partial charge in [0, 0.05) is 5.41 Å². The Morgan fingerprint density at radius 3 is 2.33 bits per heavy atom. The Kier molecular flexibility index (Phi) is 6.03. The van der Waals surface area contributed by atoms with Crippen molar-refractivity contribution in [2.24, 2.45) is 10.8 Å². The van der Waals surface area contributed by atoms with E-state index in [1.807, 2.05) is 54.5 Å². The Balaban J connectivity index is 3.26. The van der Waals surface area contributed by atoms with Crippen molar-refractivity contribution in [3.63, 3.8) is 0 Å². The molecule has 1 aromatic carbocycles. The van der Waals surface area contributed by atoms with Crippen LogP contribution in [0.5, 0.6) is 5.75 Å². The molecule has 0 saturated heterocycles. The molecule has 0 aliphatic heterocycles. The van der Waals surface area contributed by atoms with Crippen LogP contribution in [-0.4, -0.2) is 12.4 Å². The summed E-state index contributed by atoms with van der Waals surface area (Å²) in [6.45, 7) is 13.3. The zero-order valence-electron chi connectivity index (χ0n) is 16.9. The molecule has 0 N–H and O–H groups in total. The van der Waals surface area contributed by atoms with Gasteiger partial charge in [0.15, 0.2) is 1.37 Å². The van der Waals surface area contributed by atoms with E-state index in [4.69, 9.17) is 10.8 Å². The molecular formula is C20H30O4. The van der Waals surface area contributed by atoms with Crippen LogP contribution in [0.3, 0.4) is 0 Å². The molecular weight excluding hydrogens is 304 g/mol. The maximum Gasteiger partial charge on any atom is 0.316 e. The van der Waals surface area contributed by atoms with E-state index >= 15 is 0 Å². The highest BCUT2D eigenvalue weighted by molar-refractivity contribution is 5.78. The van der Waals surface area contributed by atoms with Gasteiger partial charge in [-0.15, -0.1) is 0 Å². The quantitative estimate of drug-likeness (QED) is 0.438. The first-order valence-corrected chi connectivity index (χ1v) is 8.38. The lowest BCUT2D eigenvalue weighted by atomic mass is 9.84. The highest BCUT2D eigenvalue weighted by atomic mass is 16.5. The van der Waals surface area contributed by atoms with Gasteiger partial charge in [-0.05, 0) is 50.5 Å². The fourth-order valence-corrected chi connectivity index (χ4v) is 2.37. The number of hydrogen-bond acceptors (Lipinski definition) is 4. The Morgan fingerprint density at radius 2 is 1.88 bits per heavy atom. The third-order valence-electron chi connectivity index (χ3n) is 3.67. The number of esters is 1. The molecule has 0 spiro atoms. The topological polar surface area (TPSA) is 52.6 Å². The van der Waals surface area contributed by atoms with Crippen LogP contribution in [0, 0.1) is 10.8 Å². The molecule has 24 heavy (non-hydrogen) atoms. The van der Waals surface area contributed by atoms with Crippen molar-refractivity contribution in [1.29, 1.82) is 0 Å². The average Bonchev–Trinajstić information content (AvgIpc) is 2.44. The lowest BCUT2D eigenvalue weighted by Gasteiger charge is -2.30. The monoisotopic (exact) mass is 336 g/mol. The van der Waals surface area contributed by atoms with Crippen molar-refractivity contribution in [2.75, 3.05) is 0 Å². The predicted octanol–water partition coefficient (Wildman–Crippen LogP) is 4.85. The van der Waals surface area contributed by atoms with E-state index in [1.165, 1.54) is 0 Å². The van der Waals surface area contributed by atoms with Gasteiger partial charge < -0.3 is 9.47 Å². The van der Waals surface area contributed by atoms with Crippen molar-refractivity contribution in [1.82, 2.24) is 0 Å². The highest BCUT2D eigenvalue weighted by Gasteiger charge is 2.29. The minimum absolute atomic E-state index is 0.289. The largest absolute Gasteiger partial charge is 0.459 e. The lowest BCUT2D eigenvalue weighted by molar-refractivity contribution is -0.143. The van der Waals surface area contributed by atoms with Crippen LogP contribution < -0.4 is 4.74 Å². The van der Waals surface area contributed by atoms with Crippen LogP contribution in [0.25, 0.3) is 0 Å². The summed E-state index contributed by atoms with van der Waals surface area (Å²) in [6, 6.07) is 5.46. The molecule has 0 amide bonds. The molecule has 0 bridgehead atoms. The average molecular weight is 336 g/mol. The number of carbonyl (C=O) groups is 2. The summed E-state index contributed by atoms with van der Waals surface area (Å²) in [5.74, 6) is 0.248. The minimum atomic E-state index is -1.06. The number of rotatable bonds is 5. The van der Waals surface area contributed by atoms with Crippen molar-refractivity contribution >= 4 is 12.4 Å². The maximum absolute atomic E-state index is 12.2. The first-order chi connectivity index (χ1) is 11.4. The molecule has 0 aromatic heterocycles. The summed E-state index contributed by atoms with van der Waals surface area (Å²) in [6.07, 6.45) is 0.0366. The van der Waals surface area contributed by atoms with Crippen LogP contribution in [0.1, 0.15) is 73.5 Å². The van der Waals surface area contributed by atoms with E-state index in [0.717, 1.165) is 24.0 Å². The number of benzene rings is 1. The molecule has 0 aliphatic carbocycles. The van der Waals surface area contributed by atoms with Gasteiger partial charge in [-0.1, -0.05) is 40.2 Å². The van der Waals surface area contributed by atoms with E-state index in [9.17, 15) is 9.59 Å². The summed E-state index contributed by atoms with van der Waals surface area (Å²) in [4.78, 5) is 23.4. The second-order valence-corrected chi connectivity index (χ2v) is 8.20. The third kappa shape index (κ3) is 5.36. The second kappa shape index (κ2) is 7.82. The van der Waals surface area contributed by atoms with Crippen LogP contribution in [0.4, 0.5) is 0 Å². The zero-order valence-corrected chi connectivity index (χ0v) is 15.9. The van der Waals surface area contributed by atoms with Crippen molar-refractivity contribution in [3.8, 4) is 5.75 Å².